The van der Waals surface area contributed by atoms with E-state index < -0.39 is 5.82 Å². The maximum atomic E-state index is 13.1. The van der Waals surface area contributed by atoms with Crippen LogP contribution in [-0.2, 0) is 5.41 Å². The molecule has 110 valence electrons. The maximum Gasteiger partial charge on any atom is 0.153 e. The lowest BCUT2D eigenvalue weighted by Crippen LogP contribution is -2.11. The SMILES string of the molecule is Cc1cc(C(C)(C)C)ccc1Oc1ccc(F)cc1C=O. The summed E-state index contributed by atoms with van der Waals surface area (Å²) in [5.74, 6) is 0.569. The third-order valence-electron chi connectivity index (χ3n) is 3.36. The number of carbonyl (C=O) groups excluding carboxylic acids is 1. The molecule has 2 rings (SSSR count). The average Bonchev–Trinajstić information content (AvgIpc) is 2.41. The number of halogens is 1. The Balaban J connectivity index is 2.35. The molecule has 0 saturated heterocycles. The van der Waals surface area contributed by atoms with E-state index in [1.165, 1.54) is 23.8 Å². The van der Waals surface area contributed by atoms with Gasteiger partial charge in [-0.25, -0.2) is 4.39 Å². The van der Waals surface area contributed by atoms with Gasteiger partial charge in [-0.3, -0.25) is 4.79 Å². The lowest BCUT2D eigenvalue weighted by Gasteiger charge is -2.20. The van der Waals surface area contributed by atoms with Gasteiger partial charge in [0.25, 0.3) is 0 Å². The first-order valence-corrected chi connectivity index (χ1v) is 6.85. The largest absolute Gasteiger partial charge is 0.456 e. The second kappa shape index (κ2) is 5.68. The molecule has 0 atom stereocenters. The predicted molar refractivity (Wildman–Crippen MR) is 81.7 cm³/mol. The molecule has 3 heteroatoms. The zero-order chi connectivity index (χ0) is 15.6. The van der Waals surface area contributed by atoms with Crippen LogP contribution in [0.5, 0.6) is 11.5 Å². The number of aryl methyl sites for hydroxylation is 1. The molecule has 0 fully saturated rings. The highest BCUT2D eigenvalue weighted by atomic mass is 19.1. The maximum absolute atomic E-state index is 13.1. The van der Waals surface area contributed by atoms with Crippen molar-refractivity contribution in [1.29, 1.82) is 0 Å². The van der Waals surface area contributed by atoms with Gasteiger partial charge in [0, 0.05) is 0 Å². The summed E-state index contributed by atoms with van der Waals surface area (Å²) < 4.78 is 18.9. The number of hydrogen-bond acceptors (Lipinski definition) is 2. The highest BCUT2D eigenvalue weighted by Crippen LogP contribution is 2.31. The van der Waals surface area contributed by atoms with Crippen LogP contribution in [0.25, 0.3) is 0 Å². The number of aldehydes is 1. The third-order valence-corrected chi connectivity index (χ3v) is 3.36. The van der Waals surface area contributed by atoms with Crippen molar-refractivity contribution in [2.24, 2.45) is 0 Å². The summed E-state index contributed by atoms with van der Waals surface area (Å²) in [6.07, 6.45) is 0.595. The van der Waals surface area contributed by atoms with E-state index in [1.807, 2.05) is 19.1 Å². The fraction of sp³-hybridized carbons (Fsp3) is 0.278. The van der Waals surface area contributed by atoms with E-state index in [9.17, 15) is 9.18 Å². The Hall–Kier alpha value is -2.16. The van der Waals surface area contributed by atoms with Gasteiger partial charge in [-0.05, 0) is 47.7 Å². The second-order valence-corrected chi connectivity index (χ2v) is 6.13. The molecule has 21 heavy (non-hydrogen) atoms. The van der Waals surface area contributed by atoms with Crippen molar-refractivity contribution < 1.29 is 13.9 Å². The molecule has 2 aromatic carbocycles. The minimum absolute atomic E-state index is 0.0626. The van der Waals surface area contributed by atoms with E-state index in [-0.39, 0.29) is 11.0 Å². The van der Waals surface area contributed by atoms with E-state index in [1.54, 1.807) is 0 Å². The van der Waals surface area contributed by atoms with Crippen molar-refractivity contribution in [3.63, 3.8) is 0 Å². The molecule has 0 N–H and O–H groups in total. The summed E-state index contributed by atoms with van der Waals surface area (Å²) in [4.78, 5) is 11.0. The van der Waals surface area contributed by atoms with Gasteiger partial charge in [-0.1, -0.05) is 32.9 Å². The molecule has 2 aromatic rings. The lowest BCUT2D eigenvalue weighted by atomic mass is 9.86. The summed E-state index contributed by atoms with van der Waals surface area (Å²) in [5.41, 5.74) is 2.45. The van der Waals surface area contributed by atoms with Gasteiger partial charge in [0.15, 0.2) is 6.29 Å². The van der Waals surface area contributed by atoms with E-state index in [2.05, 4.69) is 26.8 Å². The molecular weight excluding hydrogens is 267 g/mol. The number of benzene rings is 2. The first-order chi connectivity index (χ1) is 9.81. The van der Waals surface area contributed by atoms with Crippen LogP contribution in [0.4, 0.5) is 4.39 Å². The van der Waals surface area contributed by atoms with Crippen LogP contribution in [-0.4, -0.2) is 6.29 Å². The molecule has 0 aliphatic carbocycles. The average molecular weight is 286 g/mol. The van der Waals surface area contributed by atoms with Crippen molar-refractivity contribution >= 4 is 6.29 Å². The highest BCUT2D eigenvalue weighted by molar-refractivity contribution is 5.79. The molecular formula is C18H19FO2. The second-order valence-electron chi connectivity index (χ2n) is 6.13. The number of hydrogen-bond donors (Lipinski definition) is 0. The molecule has 0 bridgehead atoms. The highest BCUT2D eigenvalue weighted by Gasteiger charge is 2.15. The summed E-state index contributed by atoms with van der Waals surface area (Å²) >= 11 is 0. The Morgan fingerprint density at radius 1 is 1.05 bits per heavy atom. The smallest absolute Gasteiger partial charge is 0.153 e. The van der Waals surface area contributed by atoms with Gasteiger partial charge in [-0.15, -0.1) is 0 Å². The molecule has 0 aliphatic rings. The van der Waals surface area contributed by atoms with Gasteiger partial charge >= 0.3 is 0 Å². The van der Waals surface area contributed by atoms with E-state index >= 15 is 0 Å². The molecule has 2 nitrogen and oxygen atoms in total. The van der Waals surface area contributed by atoms with Crippen molar-refractivity contribution in [3.8, 4) is 11.5 Å². The van der Waals surface area contributed by atoms with Gasteiger partial charge in [0.2, 0.25) is 0 Å². The van der Waals surface area contributed by atoms with Gasteiger partial charge in [0.1, 0.15) is 17.3 Å². The van der Waals surface area contributed by atoms with Crippen LogP contribution in [0.3, 0.4) is 0 Å². The Morgan fingerprint density at radius 3 is 2.29 bits per heavy atom. The predicted octanol–water partition coefficient (Wildman–Crippen LogP) is 5.04. The molecule has 0 aliphatic heterocycles. The quantitative estimate of drug-likeness (QED) is 0.739. The summed E-state index contributed by atoms with van der Waals surface area (Å²) in [6, 6.07) is 9.87. The molecule has 0 saturated carbocycles. The lowest BCUT2D eigenvalue weighted by molar-refractivity contribution is 0.112. The van der Waals surface area contributed by atoms with E-state index in [0.29, 0.717) is 17.8 Å². The minimum atomic E-state index is -0.454. The number of carbonyl (C=O) groups is 1. The van der Waals surface area contributed by atoms with E-state index in [4.69, 9.17) is 4.74 Å². The summed E-state index contributed by atoms with van der Waals surface area (Å²) in [5, 5.41) is 0. The minimum Gasteiger partial charge on any atom is -0.456 e. The zero-order valence-corrected chi connectivity index (χ0v) is 12.7. The van der Waals surface area contributed by atoms with E-state index in [0.717, 1.165) is 5.56 Å². The Morgan fingerprint density at radius 2 is 1.71 bits per heavy atom. The zero-order valence-electron chi connectivity index (χ0n) is 12.7. The molecule has 0 heterocycles. The molecule has 0 radical (unpaired) electrons. The van der Waals surface area contributed by atoms with Crippen LogP contribution in [0.2, 0.25) is 0 Å². The Kier molecular flexibility index (Phi) is 4.12. The first kappa shape index (κ1) is 15.2. The summed E-state index contributed by atoms with van der Waals surface area (Å²) in [6.45, 7) is 8.39. The van der Waals surface area contributed by atoms with Crippen LogP contribution in [0.15, 0.2) is 36.4 Å². The monoisotopic (exact) mass is 286 g/mol. The molecule has 0 aromatic heterocycles. The van der Waals surface area contributed by atoms with Crippen LogP contribution in [0, 0.1) is 12.7 Å². The Labute approximate surface area is 124 Å². The van der Waals surface area contributed by atoms with Crippen LogP contribution >= 0.6 is 0 Å². The van der Waals surface area contributed by atoms with Crippen molar-refractivity contribution in [2.45, 2.75) is 33.1 Å². The normalized spacial score (nSPS) is 11.3. The van der Waals surface area contributed by atoms with Crippen molar-refractivity contribution in [2.75, 3.05) is 0 Å². The van der Waals surface area contributed by atoms with Gasteiger partial charge in [-0.2, -0.15) is 0 Å². The molecule has 0 spiro atoms. The van der Waals surface area contributed by atoms with Gasteiger partial charge in [0.05, 0.1) is 5.56 Å². The van der Waals surface area contributed by atoms with Crippen LogP contribution < -0.4 is 4.74 Å². The topological polar surface area (TPSA) is 26.3 Å². The molecule has 0 amide bonds. The third kappa shape index (κ3) is 3.48. The Bertz CT molecular complexity index is 669. The standard InChI is InChI=1S/C18H19FO2/c1-12-9-14(18(2,3)4)5-7-16(12)21-17-8-6-15(19)10-13(17)11-20/h5-11H,1-4H3. The van der Waals surface area contributed by atoms with Crippen molar-refractivity contribution in [1.82, 2.24) is 0 Å². The molecule has 0 unspecified atom stereocenters. The number of rotatable bonds is 3. The summed E-state index contributed by atoms with van der Waals surface area (Å²) in [7, 11) is 0. The fourth-order valence-corrected chi connectivity index (χ4v) is 2.05. The first-order valence-electron chi connectivity index (χ1n) is 6.85. The van der Waals surface area contributed by atoms with Crippen LogP contribution in [0.1, 0.15) is 42.3 Å². The van der Waals surface area contributed by atoms with Gasteiger partial charge < -0.3 is 4.74 Å². The van der Waals surface area contributed by atoms with Crippen molar-refractivity contribution in [3.05, 3.63) is 58.9 Å². The fourth-order valence-electron chi connectivity index (χ4n) is 2.05. The number of ether oxygens (including phenoxy) is 1.